The lowest BCUT2D eigenvalue weighted by Crippen LogP contribution is -2.43. The van der Waals surface area contributed by atoms with Gasteiger partial charge in [0, 0.05) is 115 Å². The number of hydrogen-bond donors (Lipinski definition) is 6. The van der Waals surface area contributed by atoms with Crippen LogP contribution < -0.4 is 32.2 Å². The van der Waals surface area contributed by atoms with Crippen molar-refractivity contribution in [3.8, 4) is 17.2 Å². The second-order valence-corrected chi connectivity index (χ2v) is 11.6. The first kappa shape index (κ1) is 38.1. The number of carbonyl (C=O) groups excluding carboxylic acids is 3. The van der Waals surface area contributed by atoms with Gasteiger partial charge in [0.1, 0.15) is 0 Å². The van der Waals surface area contributed by atoms with Crippen LogP contribution in [-0.4, -0.2) is 90.9 Å². The van der Waals surface area contributed by atoms with Crippen molar-refractivity contribution in [2.75, 3.05) is 39.3 Å². The van der Waals surface area contributed by atoms with E-state index in [0.717, 1.165) is 0 Å². The molecular formula is C33H45N7O9. The van der Waals surface area contributed by atoms with Crippen LogP contribution in [0.3, 0.4) is 0 Å². The van der Waals surface area contributed by atoms with Crippen LogP contribution in [-0.2, 0) is 34.0 Å². The lowest BCUT2D eigenvalue weighted by Gasteiger charge is -2.23. The molecule has 0 fully saturated rings. The Bertz CT molecular complexity index is 1610. The smallest absolute Gasteiger partial charge is 0.223 e. The highest BCUT2D eigenvalue weighted by molar-refractivity contribution is 5.76. The summed E-state index contributed by atoms with van der Waals surface area (Å²) in [7, 11) is 0. The molecule has 0 bridgehead atoms. The summed E-state index contributed by atoms with van der Waals surface area (Å²) in [4.78, 5) is 74.3. The molecule has 16 heteroatoms. The molecule has 3 aromatic heterocycles. The first-order chi connectivity index (χ1) is 23.3. The van der Waals surface area contributed by atoms with Gasteiger partial charge in [0.25, 0.3) is 0 Å². The lowest BCUT2D eigenvalue weighted by molar-refractivity contribution is -0.122. The number of rotatable bonds is 18. The molecule has 3 aromatic rings. The van der Waals surface area contributed by atoms with Gasteiger partial charge in [-0.15, -0.1) is 0 Å². The average molecular weight is 684 g/mol. The maximum Gasteiger partial charge on any atom is 0.223 e. The maximum atomic E-state index is 12.5. The number of amides is 3. The van der Waals surface area contributed by atoms with Crippen molar-refractivity contribution >= 4 is 17.7 Å². The van der Waals surface area contributed by atoms with Gasteiger partial charge in [-0.3, -0.25) is 33.7 Å². The third-order valence-corrected chi connectivity index (χ3v) is 8.23. The fraction of sp³-hybridized carbons (Fsp3) is 0.455. The number of pyridine rings is 3. The zero-order valence-electron chi connectivity index (χ0n) is 28.0. The van der Waals surface area contributed by atoms with Crippen molar-refractivity contribution in [1.29, 1.82) is 0 Å². The summed E-state index contributed by atoms with van der Waals surface area (Å²) in [5, 5.41) is 38.1. The molecule has 266 valence electrons. The van der Waals surface area contributed by atoms with Gasteiger partial charge >= 0.3 is 0 Å². The molecule has 0 unspecified atom stereocenters. The summed E-state index contributed by atoms with van der Waals surface area (Å²) >= 11 is 0. The Morgan fingerprint density at radius 3 is 1.08 bits per heavy atom. The molecule has 6 N–H and O–H groups in total. The largest absolute Gasteiger partial charge is 0.503 e. The molecule has 0 aliphatic rings. The van der Waals surface area contributed by atoms with Crippen LogP contribution >= 0.6 is 0 Å². The van der Waals surface area contributed by atoms with Crippen molar-refractivity contribution in [3.05, 3.63) is 84.5 Å². The van der Waals surface area contributed by atoms with E-state index >= 15 is 0 Å². The normalized spacial score (nSPS) is 11.0. The van der Waals surface area contributed by atoms with E-state index < -0.39 is 16.3 Å². The molecule has 3 amide bonds. The molecular weight excluding hydrogens is 638 g/mol. The molecule has 0 aromatic carbocycles. The minimum Gasteiger partial charge on any atom is -0.503 e. The molecule has 0 saturated carbocycles. The summed E-state index contributed by atoms with van der Waals surface area (Å²) in [6, 6.07) is 3.71. The van der Waals surface area contributed by atoms with Crippen LogP contribution in [0.2, 0.25) is 0 Å². The van der Waals surface area contributed by atoms with Crippen molar-refractivity contribution in [2.24, 2.45) is 0 Å². The van der Waals surface area contributed by atoms with Gasteiger partial charge in [0.05, 0.1) is 17.1 Å². The predicted octanol–water partition coefficient (Wildman–Crippen LogP) is -0.565. The molecule has 0 saturated heterocycles. The van der Waals surface area contributed by atoms with Crippen LogP contribution in [0.5, 0.6) is 17.2 Å². The Morgan fingerprint density at radius 2 is 0.816 bits per heavy atom. The van der Waals surface area contributed by atoms with Crippen molar-refractivity contribution in [1.82, 2.24) is 34.6 Å². The minimum atomic E-state index is -0.487. The first-order valence-corrected chi connectivity index (χ1v) is 16.0. The predicted molar refractivity (Wildman–Crippen MR) is 181 cm³/mol. The number of aromatic nitrogens is 3. The highest BCUT2D eigenvalue weighted by Gasteiger charge is 2.12. The zero-order valence-corrected chi connectivity index (χ0v) is 28.0. The van der Waals surface area contributed by atoms with Crippen LogP contribution in [0.4, 0.5) is 0 Å². The van der Waals surface area contributed by atoms with Crippen LogP contribution in [0.1, 0.15) is 36.3 Å². The topological polar surface area (TPSA) is 217 Å². The summed E-state index contributed by atoms with van der Waals surface area (Å²) in [6.45, 7) is 7.71. The molecule has 0 spiro atoms. The Hall–Kier alpha value is -5.38. The van der Waals surface area contributed by atoms with Crippen LogP contribution in [0.15, 0.2) is 51.2 Å². The second-order valence-electron chi connectivity index (χ2n) is 11.6. The van der Waals surface area contributed by atoms with E-state index in [1.54, 1.807) is 34.5 Å². The number of nitrogens with zero attached hydrogens (tertiary/aromatic N) is 4. The quantitative estimate of drug-likeness (QED) is 0.100. The molecule has 3 rings (SSSR count). The molecule has 0 aliphatic heterocycles. The van der Waals surface area contributed by atoms with Gasteiger partial charge in [0.2, 0.25) is 34.0 Å². The van der Waals surface area contributed by atoms with Crippen LogP contribution in [0, 0.1) is 20.8 Å². The van der Waals surface area contributed by atoms with Gasteiger partial charge in [-0.2, -0.15) is 0 Å². The first-order valence-electron chi connectivity index (χ1n) is 16.0. The zero-order chi connectivity index (χ0) is 36.1. The molecule has 3 heterocycles. The SMILES string of the molecule is Cc1c(O)c(=O)ccn1CCC(=O)NCCN(CCNC(=O)CCn1ccc(=O)c(O)c1C)CCNC(=O)CCn1ccc(=O)c(O)c1C. The molecule has 0 radical (unpaired) electrons. The number of aromatic hydroxyl groups is 3. The van der Waals surface area contributed by atoms with E-state index in [1.807, 2.05) is 4.90 Å². The molecule has 0 atom stereocenters. The van der Waals surface area contributed by atoms with Gasteiger partial charge < -0.3 is 45.0 Å². The van der Waals surface area contributed by atoms with E-state index in [-0.39, 0.29) is 73.9 Å². The van der Waals surface area contributed by atoms with E-state index in [2.05, 4.69) is 16.0 Å². The summed E-state index contributed by atoms with van der Waals surface area (Å²) in [5.41, 5.74) is -0.349. The Kier molecular flexibility index (Phi) is 14.2. The lowest BCUT2D eigenvalue weighted by atomic mass is 10.3. The van der Waals surface area contributed by atoms with Gasteiger partial charge in [-0.1, -0.05) is 0 Å². The molecule has 16 nitrogen and oxygen atoms in total. The van der Waals surface area contributed by atoms with E-state index in [1.165, 1.54) is 36.8 Å². The van der Waals surface area contributed by atoms with E-state index in [9.17, 15) is 44.1 Å². The Morgan fingerprint density at radius 1 is 0.551 bits per heavy atom. The fourth-order valence-electron chi connectivity index (χ4n) is 5.04. The monoisotopic (exact) mass is 683 g/mol. The van der Waals surface area contributed by atoms with Gasteiger partial charge in [-0.05, 0) is 20.8 Å². The molecule has 49 heavy (non-hydrogen) atoms. The second kappa shape index (κ2) is 18.2. The number of nitrogens with one attached hydrogen (secondary N) is 3. The van der Waals surface area contributed by atoms with Crippen molar-refractivity contribution < 1.29 is 29.7 Å². The van der Waals surface area contributed by atoms with Crippen LogP contribution in [0.25, 0.3) is 0 Å². The highest BCUT2D eigenvalue weighted by Crippen LogP contribution is 2.11. The highest BCUT2D eigenvalue weighted by atomic mass is 16.3. The number of hydrogen-bond acceptors (Lipinski definition) is 10. The van der Waals surface area contributed by atoms with Gasteiger partial charge in [0.15, 0.2) is 17.2 Å². The average Bonchev–Trinajstić information content (AvgIpc) is 3.07. The summed E-state index contributed by atoms with van der Waals surface area (Å²) in [5.74, 6) is -1.75. The molecule has 0 aliphatic carbocycles. The van der Waals surface area contributed by atoms with E-state index in [4.69, 9.17) is 0 Å². The third kappa shape index (κ3) is 11.4. The minimum absolute atomic E-state index is 0.120. The van der Waals surface area contributed by atoms with Gasteiger partial charge in [-0.25, -0.2) is 0 Å². The fourth-order valence-corrected chi connectivity index (χ4v) is 5.04. The number of carbonyl (C=O) groups is 3. The standard InChI is InChI=1S/C33H45N7O9/c1-22-31(47)25(41)4-13-38(22)16-7-28(44)34-10-19-37(20-11-35-29(45)8-17-39-14-5-26(42)32(48)23(39)2)21-12-36-30(46)9-18-40-15-6-27(43)33(49)24(40)3/h4-6,13-15,47-49H,7-12,16-21H2,1-3H3,(H,34,44)(H,35,45)(H,36,46). The summed E-state index contributed by atoms with van der Waals surface area (Å²) < 4.78 is 4.87. The number of aryl methyl sites for hydroxylation is 3. The maximum absolute atomic E-state index is 12.5. The summed E-state index contributed by atoms with van der Waals surface area (Å²) in [6.07, 6.45) is 4.92. The van der Waals surface area contributed by atoms with E-state index in [0.29, 0.717) is 56.4 Å². The van der Waals surface area contributed by atoms with Crippen molar-refractivity contribution in [2.45, 2.75) is 59.7 Å². The van der Waals surface area contributed by atoms with Crippen molar-refractivity contribution in [3.63, 3.8) is 0 Å². The Balaban J connectivity index is 1.48. The Labute approximate surface area is 282 Å². The third-order valence-electron chi connectivity index (χ3n) is 8.23.